The van der Waals surface area contributed by atoms with Crippen LogP contribution in [0.3, 0.4) is 0 Å². The summed E-state index contributed by atoms with van der Waals surface area (Å²) in [5.74, 6) is -2.82. The minimum absolute atomic E-state index is 0. The molecule has 0 aromatic carbocycles. The Morgan fingerprint density at radius 2 is 1.86 bits per heavy atom. The summed E-state index contributed by atoms with van der Waals surface area (Å²) in [6.45, 7) is 0. The van der Waals surface area contributed by atoms with E-state index in [-0.39, 0.29) is 29.6 Å². The van der Waals surface area contributed by atoms with Gasteiger partial charge in [0.25, 0.3) is 10.1 Å². The van der Waals surface area contributed by atoms with E-state index < -0.39 is 33.7 Å². The van der Waals surface area contributed by atoms with Gasteiger partial charge in [0, 0.05) is 0 Å². The van der Waals surface area contributed by atoms with Crippen LogP contribution in [-0.2, 0) is 24.4 Å². The molecule has 14 heavy (non-hydrogen) atoms. The molecule has 9 heteroatoms. The van der Waals surface area contributed by atoms with Crippen molar-refractivity contribution in [1.82, 2.24) is 0 Å². The summed E-state index contributed by atoms with van der Waals surface area (Å²) in [7, 11) is -3.84. The number of esters is 1. The van der Waals surface area contributed by atoms with Crippen molar-refractivity contribution in [3.63, 3.8) is 0 Å². The number of ether oxygens (including phenoxy) is 1. The molecule has 7 nitrogen and oxygen atoms in total. The van der Waals surface area contributed by atoms with Crippen molar-refractivity contribution in [2.45, 2.75) is 11.7 Å². The first-order chi connectivity index (χ1) is 5.79. The second kappa shape index (κ2) is 6.36. The predicted molar refractivity (Wildman–Crippen MR) is 46.8 cm³/mol. The third-order valence-electron chi connectivity index (χ3n) is 1.18. The molecular formula is C5H9NaO7S. The Bertz CT molecular complexity index is 308. The van der Waals surface area contributed by atoms with Gasteiger partial charge in [-0.3, -0.25) is 14.1 Å². The summed E-state index contributed by atoms with van der Waals surface area (Å²) in [4.78, 5) is 20.8. The van der Waals surface area contributed by atoms with Crippen LogP contribution in [0.25, 0.3) is 0 Å². The van der Waals surface area contributed by atoms with Gasteiger partial charge >= 0.3 is 41.5 Å². The summed E-state index contributed by atoms with van der Waals surface area (Å²) in [5, 5.41) is 6.15. The van der Waals surface area contributed by atoms with Crippen molar-refractivity contribution in [3.8, 4) is 0 Å². The summed E-state index contributed by atoms with van der Waals surface area (Å²) in [6.07, 6.45) is -1.02. The van der Waals surface area contributed by atoms with Crippen LogP contribution in [0.15, 0.2) is 0 Å². The number of carbonyl (C=O) groups is 2. The normalized spacial score (nSPS) is 12.4. The van der Waals surface area contributed by atoms with Gasteiger partial charge in [-0.15, -0.1) is 0 Å². The first-order valence-corrected chi connectivity index (χ1v) is 4.55. The third-order valence-corrected chi connectivity index (χ3v) is 2.26. The molecular weight excluding hydrogens is 227 g/mol. The fourth-order valence-corrected chi connectivity index (χ4v) is 1.29. The molecule has 0 rings (SSSR count). The van der Waals surface area contributed by atoms with Crippen molar-refractivity contribution in [2.75, 3.05) is 7.11 Å². The van der Waals surface area contributed by atoms with E-state index in [1.807, 2.05) is 0 Å². The molecule has 0 aromatic rings. The van der Waals surface area contributed by atoms with Gasteiger partial charge in [0.15, 0.2) is 5.25 Å². The van der Waals surface area contributed by atoms with Crippen molar-refractivity contribution >= 4 is 51.6 Å². The zero-order valence-corrected chi connectivity index (χ0v) is 7.44. The molecule has 0 amide bonds. The van der Waals surface area contributed by atoms with Crippen LogP contribution in [0.4, 0.5) is 0 Å². The van der Waals surface area contributed by atoms with Crippen LogP contribution < -0.4 is 0 Å². The van der Waals surface area contributed by atoms with Crippen LogP contribution in [0, 0.1) is 0 Å². The molecule has 0 bridgehead atoms. The molecule has 1 unspecified atom stereocenters. The van der Waals surface area contributed by atoms with Crippen LogP contribution in [0.1, 0.15) is 6.42 Å². The minimum atomic E-state index is -4.73. The molecule has 0 fully saturated rings. The molecule has 0 aliphatic carbocycles. The van der Waals surface area contributed by atoms with Gasteiger partial charge in [-0.1, -0.05) is 0 Å². The van der Waals surface area contributed by atoms with Crippen LogP contribution in [0.2, 0.25) is 0 Å². The molecule has 2 N–H and O–H groups in total. The van der Waals surface area contributed by atoms with Crippen LogP contribution >= 0.6 is 0 Å². The van der Waals surface area contributed by atoms with Crippen molar-refractivity contribution in [3.05, 3.63) is 0 Å². The van der Waals surface area contributed by atoms with E-state index in [4.69, 9.17) is 9.66 Å². The van der Waals surface area contributed by atoms with E-state index in [0.29, 0.717) is 0 Å². The van der Waals surface area contributed by atoms with Gasteiger partial charge in [0.05, 0.1) is 13.5 Å². The molecule has 0 aliphatic rings. The van der Waals surface area contributed by atoms with E-state index in [1.54, 1.807) is 0 Å². The maximum atomic E-state index is 10.7. The molecule has 1 atom stereocenters. The third kappa shape index (κ3) is 5.55. The predicted octanol–water partition coefficient (Wildman–Crippen LogP) is -1.76. The summed E-state index contributed by atoms with van der Waals surface area (Å²) < 4.78 is 33.4. The Morgan fingerprint density at radius 1 is 1.43 bits per heavy atom. The van der Waals surface area contributed by atoms with E-state index in [9.17, 15) is 18.0 Å². The van der Waals surface area contributed by atoms with Crippen LogP contribution in [0.5, 0.6) is 0 Å². The second-order valence-corrected chi connectivity index (χ2v) is 3.72. The van der Waals surface area contributed by atoms with Gasteiger partial charge in [-0.25, -0.2) is 0 Å². The molecule has 0 radical (unpaired) electrons. The topological polar surface area (TPSA) is 118 Å². The zero-order chi connectivity index (χ0) is 10.6. The summed E-state index contributed by atoms with van der Waals surface area (Å²) >= 11 is 0. The number of carboxylic acid groups (broad SMARTS) is 1. The quantitative estimate of drug-likeness (QED) is 0.337. The van der Waals surface area contributed by atoms with Crippen LogP contribution in [-0.4, -0.2) is 71.9 Å². The van der Waals surface area contributed by atoms with E-state index >= 15 is 0 Å². The fraction of sp³-hybridized carbons (Fsp3) is 0.600. The van der Waals surface area contributed by atoms with Crippen molar-refractivity contribution in [2.24, 2.45) is 0 Å². The Morgan fingerprint density at radius 3 is 2.07 bits per heavy atom. The first kappa shape index (κ1) is 16.3. The number of carboxylic acids is 1. The number of methoxy groups -OCH3 is 1. The van der Waals surface area contributed by atoms with Gasteiger partial charge in [0.1, 0.15) is 0 Å². The van der Waals surface area contributed by atoms with Gasteiger partial charge in [0.2, 0.25) is 0 Å². The van der Waals surface area contributed by atoms with E-state index in [2.05, 4.69) is 4.74 Å². The Balaban J connectivity index is 0. The fourth-order valence-electron chi connectivity index (χ4n) is 0.600. The second-order valence-electron chi connectivity index (χ2n) is 2.12. The molecule has 0 saturated carbocycles. The van der Waals surface area contributed by atoms with Gasteiger partial charge < -0.3 is 9.84 Å². The average molecular weight is 236 g/mol. The molecule has 0 heterocycles. The molecule has 0 aromatic heterocycles. The maximum absolute atomic E-state index is 10.7. The zero-order valence-electron chi connectivity index (χ0n) is 6.63. The molecule has 0 saturated heterocycles. The van der Waals surface area contributed by atoms with Gasteiger partial charge in [-0.05, 0) is 0 Å². The van der Waals surface area contributed by atoms with E-state index in [0.717, 1.165) is 7.11 Å². The standard InChI is InChI=1S/C5H8O7S.Na.H/c1-12-5(8)3(2-4(6)7)13(9,10)11;;/h3H,2H2,1H3,(H,6,7)(H,9,10,11);;. The van der Waals surface area contributed by atoms with E-state index in [1.165, 1.54) is 0 Å². The molecule has 0 aliphatic heterocycles. The van der Waals surface area contributed by atoms with Crippen molar-refractivity contribution < 1.29 is 32.4 Å². The summed E-state index contributed by atoms with van der Waals surface area (Å²) in [5.41, 5.74) is 0. The Kier molecular flexibility index (Phi) is 7.39. The SMILES string of the molecule is COC(=O)C(CC(=O)O)S(=O)(=O)O.[NaH]. The summed E-state index contributed by atoms with van der Waals surface area (Å²) in [6, 6.07) is 0. The molecule has 0 spiro atoms. The monoisotopic (exact) mass is 236 g/mol. The number of carbonyl (C=O) groups excluding carboxylic acids is 1. The Labute approximate surface area is 102 Å². The number of rotatable bonds is 4. The number of aliphatic carboxylic acids is 1. The first-order valence-electron chi connectivity index (χ1n) is 3.05. The Hall–Kier alpha value is -0.150. The average Bonchev–Trinajstić information content (AvgIpc) is 1.96. The van der Waals surface area contributed by atoms with Crippen molar-refractivity contribution in [1.29, 1.82) is 0 Å². The molecule has 78 valence electrons. The number of hydrogen-bond acceptors (Lipinski definition) is 5. The number of hydrogen-bond donors (Lipinski definition) is 2. The van der Waals surface area contributed by atoms with Gasteiger partial charge in [-0.2, -0.15) is 8.42 Å².